The highest BCUT2D eigenvalue weighted by Crippen LogP contribution is 2.28. The van der Waals surface area contributed by atoms with Gasteiger partial charge in [-0.1, -0.05) is 28.8 Å². The standard InChI is InChI=1S/C9H14BrN3S/c10-5-6-13(8-3-1-2-4-8)9-11-7-12-14-9/h7-8H,1-6H2. The summed E-state index contributed by atoms with van der Waals surface area (Å²) < 4.78 is 4.07. The number of aromatic nitrogens is 2. The van der Waals surface area contributed by atoms with Crippen molar-refractivity contribution in [3.63, 3.8) is 0 Å². The van der Waals surface area contributed by atoms with Crippen molar-refractivity contribution in [1.29, 1.82) is 0 Å². The maximum absolute atomic E-state index is 4.29. The molecule has 1 aromatic rings. The fourth-order valence-corrected chi connectivity index (χ4v) is 3.05. The third kappa shape index (κ3) is 2.25. The van der Waals surface area contributed by atoms with Crippen molar-refractivity contribution in [2.75, 3.05) is 16.8 Å². The first-order valence-electron chi connectivity index (χ1n) is 5.01. The summed E-state index contributed by atoms with van der Waals surface area (Å²) in [6, 6.07) is 0.695. The second-order valence-corrected chi connectivity index (χ2v) is 5.10. The first-order chi connectivity index (χ1) is 6.92. The van der Waals surface area contributed by atoms with Gasteiger partial charge in [-0.2, -0.15) is 4.37 Å². The Morgan fingerprint density at radius 1 is 1.50 bits per heavy atom. The van der Waals surface area contributed by atoms with E-state index < -0.39 is 0 Å². The van der Waals surface area contributed by atoms with Crippen LogP contribution in [0.4, 0.5) is 5.13 Å². The van der Waals surface area contributed by atoms with Gasteiger partial charge in [0.15, 0.2) is 0 Å². The number of rotatable bonds is 4. The van der Waals surface area contributed by atoms with E-state index in [1.165, 1.54) is 37.2 Å². The number of nitrogens with zero attached hydrogens (tertiary/aromatic N) is 3. The van der Waals surface area contributed by atoms with Crippen LogP contribution < -0.4 is 4.90 Å². The van der Waals surface area contributed by atoms with Crippen LogP contribution in [0.3, 0.4) is 0 Å². The zero-order valence-electron chi connectivity index (χ0n) is 8.03. The minimum atomic E-state index is 0.695. The Labute approximate surface area is 96.8 Å². The summed E-state index contributed by atoms with van der Waals surface area (Å²) in [5, 5.41) is 2.08. The van der Waals surface area contributed by atoms with Gasteiger partial charge in [0.2, 0.25) is 5.13 Å². The van der Waals surface area contributed by atoms with E-state index in [2.05, 4.69) is 30.2 Å². The van der Waals surface area contributed by atoms with E-state index in [0.717, 1.165) is 17.0 Å². The molecule has 78 valence electrons. The van der Waals surface area contributed by atoms with Gasteiger partial charge in [-0.3, -0.25) is 0 Å². The molecular weight excluding hydrogens is 262 g/mol. The van der Waals surface area contributed by atoms with Gasteiger partial charge in [0.1, 0.15) is 6.33 Å². The lowest BCUT2D eigenvalue weighted by Crippen LogP contribution is -2.34. The quantitative estimate of drug-likeness (QED) is 0.792. The highest BCUT2D eigenvalue weighted by molar-refractivity contribution is 9.09. The molecule has 0 bridgehead atoms. The third-order valence-electron chi connectivity index (χ3n) is 2.69. The molecule has 5 heteroatoms. The minimum absolute atomic E-state index is 0.695. The minimum Gasteiger partial charge on any atom is -0.343 e. The lowest BCUT2D eigenvalue weighted by atomic mass is 10.2. The van der Waals surface area contributed by atoms with Gasteiger partial charge in [0.05, 0.1) is 0 Å². The molecule has 1 heterocycles. The zero-order chi connectivity index (χ0) is 9.80. The molecule has 0 saturated heterocycles. The van der Waals surface area contributed by atoms with Crippen molar-refractivity contribution in [3.05, 3.63) is 6.33 Å². The molecule has 1 aliphatic carbocycles. The van der Waals surface area contributed by atoms with Gasteiger partial charge in [-0.25, -0.2) is 4.98 Å². The first kappa shape index (κ1) is 10.4. The second kappa shape index (κ2) is 5.07. The van der Waals surface area contributed by atoms with E-state index in [9.17, 15) is 0 Å². The summed E-state index contributed by atoms with van der Waals surface area (Å²) in [6.45, 7) is 1.04. The van der Waals surface area contributed by atoms with Crippen LogP contribution in [-0.4, -0.2) is 27.3 Å². The Morgan fingerprint density at radius 2 is 2.29 bits per heavy atom. The van der Waals surface area contributed by atoms with Crippen LogP contribution in [0.2, 0.25) is 0 Å². The molecule has 1 aliphatic rings. The first-order valence-corrected chi connectivity index (χ1v) is 6.90. The van der Waals surface area contributed by atoms with Crippen LogP contribution in [-0.2, 0) is 0 Å². The third-order valence-corrected chi connectivity index (χ3v) is 3.74. The normalized spacial score (nSPS) is 17.5. The van der Waals surface area contributed by atoms with E-state index in [-0.39, 0.29) is 0 Å². The van der Waals surface area contributed by atoms with Crippen LogP contribution in [0.1, 0.15) is 25.7 Å². The molecule has 0 atom stereocenters. The van der Waals surface area contributed by atoms with Crippen molar-refractivity contribution in [1.82, 2.24) is 9.36 Å². The maximum Gasteiger partial charge on any atom is 0.205 e. The topological polar surface area (TPSA) is 29.0 Å². The van der Waals surface area contributed by atoms with Crippen molar-refractivity contribution < 1.29 is 0 Å². The number of hydrogen-bond donors (Lipinski definition) is 0. The van der Waals surface area contributed by atoms with Crippen LogP contribution >= 0.6 is 27.5 Å². The molecule has 0 spiro atoms. The molecule has 3 nitrogen and oxygen atoms in total. The number of hydrogen-bond acceptors (Lipinski definition) is 4. The molecule has 0 aliphatic heterocycles. The van der Waals surface area contributed by atoms with Crippen LogP contribution in [0.25, 0.3) is 0 Å². The van der Waals surface area contributed by atoms with E-state index in [0.29, 0.717) is 6.04 Å². The molecule has 1 aromatic heterocycles. The Bertz CT molecular complexity index is 259. The molecule has 1 saturated carbocycles. The van der Waals surface area contributed by atoms with Crippen LogP contribution in [0, 0.1) is 0 Å². The highest BCUT2D eigenvalue weighted by atomic mass is 79.9. The van der Waals surface area contributed by atoms with E-state index in [1.54, 1.807) is 6.33 Å². The molecule has 0 unspecified atom stereocenters. The van der Waals surface area contributed by atoms with Crippen LogP contribution in [0.15, 0.2) is 6.33 Å². The van der Waals surface area contributed by atoms with Gasteiger partial charge in [0, 0.05) is 29.4 Å². The monoisotopic (exact) mass is 275 g/mol. The molecule has 2 rings (SSSR count). The van der Waals surface area contributed by atoms with Crippen LogP contribution in [0.5, 0.6) is 0 Å². The Kier molecular flexibility index (Phi) is 3.75. The number of halogens is 1. The predicted octanol–water partition coefficient (Wildman–Crippen LogP) is 2.68. The maximum atomic E-state index is 4.29. The fraction of sp³-hybridized carbons (Fsp3) is 0.778. The summed E-state index contributed by atoms with van der Waals surface area (Å²) in [5.74, 6) is 0. The van der Waals surface area contributed by atoms with Gasteiger partial charge in [0.25, 0.3) is 0 Å². The fourth-order valence-electron chi connectivity index (χ4n) is 2.04. The molecule has 0 N–H and O–H groups in total. The summed E-state index contributed by atoms with van der Waals surface area (Å²) in [4.78, 5) is 6.69. The van der Waals surface area contributed by atoms with Crippen molar-refractivity contribution >= 4 is 32.6 Å². The van der Waals surface area contributed by atoms with Crippen molar-refractivity contribution in [3.8, 4) is 0 Å². The van der Waals surface area contributed by atoms with Gasteiger partial charge in [-0.15, -0.1) is 0 Å². The average Bonchev–Trinajstić information content (AvgIpc) is 2.87. The molecule has 1 fully saturated rings. The summed E-state index contributed by atoms with van der Waals surface area (Å²) in [5.41, 5.74) is 0. The summed E-state index contributed by atoms with van der Waals surface area (Å²) in [6.07, 6.45) is 7.00. The largest absolute Gasteiger partial charge is 0.343 e. The summed E-state index contributed by atoms with van der Waals surface area (Å²) >= 11 is 5.00. The Morgan fingerprint density at radius 3 is 2.86 bits per heavy atom. The highest BCUT2D eigenvalue weighted by Gasteiger charge is 2.23. The lowest BCUT2D eigenvalue weighted by molar-refractivity contribution is 0.621. The van der Waals surface area contributed by atoms with E-state index >= 15 is 0 Å². The van der Waals surface area contributed by atoms with E-state index in [4.69, 9.17) is 0 Å². The molecule has 0 aromatic carbocycles. The lowest BCUT2D eigenvalue weighted by Gasteiger charge is -2.27. The van der Waals surface area contributed by atoms with Gasteiger partial charge >= 0.3 is 0 Å². The Hall–Kier alpha value is -0.160. The molecule has 14 heavy (non-hydrogen) atoms. The number of alkyl halides is 1. The molecule has 0 radical (unpaired) electrons. The smallest absolute Gasteiger partial charge is 0.205 e. The van der Waals surface area contributed by atoms with Gasteiger partial charge in [-0.05, 0) is 12.8 Å². The van der Waals surface area contributed by atoms with Gasteiger partial charge < -0.3 is 4.90 Å². The number of anilines is 1. The zero-order valence-corrected chi connectivity index (χ0v) is 10.4. The van der Waals surface area contributed by atoms with Crippen molar-refractivity contribution in [2.24, 2.45) is 0 Å². The second-order valence-electron chi connectivity index (χ2n) is 3.54. The Balaban J connectivity index is 2.06. The van der Waals surface area contributed by atoms with Crippen molar-refractivity contribution in [2.45, 2.75) is 31.7 Å². The summed E-state index contributed by atoms with van der Waals surface area (Å²) in [7, 11) is 0. The predicted molar refractivity (Wildman–Crippen MR) is 63.3 cm³/mol. The average molecular weight is 276 g/mol. The molecular formula is C9H14BrN3S. The van der Waals surface area contributed by atoms with E-state index in [1.807, 2.05) is 0 Å². The molecule has 0 amide bonds. The SMILES string of the molecule is BrCCN(c1ncns1)C1CCCC1.